The van der Waals surface area contributed by atoms with Gasteiger partial charge in [-0.2, -0.15) is 4.98 Å². The summed E-state index contributed by atoms with van der Waals surface area (Å²) in [6.07, 6.45) is -4.81. The molecule has 0 fully saturated rings. The maximum absolute atomic E-state index is 12.4. The van der Waals surface area contributed by atoms with E-state index in [4.69, 9.17) is 9.26 Å². The van der Waals surface area contributed by atoms with Gasteiger partial charge in [0, 0.05) is 10.6 Å². The predicted molar refractivity (Wildman–Crippen MR) is 107 cm³/mol. The third kappa shape index (κ3) is 7.01. The first kappa shape index (κ1) is 23.1. The average Bonchev–Trinajstić information content (AvgIpc) is 3.16. The molecule has 3 aromatic rings. The van der Waals surface area contributed by atoms with Crippen molar-refractivity contribution in [3.63, 3.8) is 0 Å². The molecular weight excluding hydrogens is 451 g/mol. The number of aromatic nitrogens is 2. The summed E-state index contributed by atoms with van der Waals surface area (Å²) in [6.45, 7) is 1.11. The van der Waals surface area contributed by atoms with Crippen LogP contribution in [0.3, 0.4) is 0 Å². The van der Waals surface area contributed by atoms with E-state index in [0.29, 0.717) is 22.4 Å². The highest BCUT2D eigenvalue weighted by Gasteiger charge is 2.31. The summed E-state index contributed by atoms with van der Waals surface area (Å²) >= 11 is 1.29. The number of nitrogens with one attached hydrogen (secondary N) is 1. The molecule has 8 nitrogen and oxygen atoms in total. The maximum atomic E-state index is 12.4. The van der Waals surface area contributed by atoms with Crippen LogP contribution >= 0.6 is 11.8 Å². The van der Waals surface area contributed by atoms with Crippen molar-refractivity contribution in [2.75, 3.05) is 11.9 Å². The van der Waals surface area contributed by atoms with E-state index >= 15 is 0 Å². The van der Waals surface area contributed by atoms with Crippen molar-refractivity contribution in [2.24, 2.45) is 0 Å². The monoisotopic (exact) mass is 467 g/mol. The minimum atomic E-state index is -4.81. The molecule has 2 aromatic carbocycles. The third-order valence-corrected chi connectivity index (χ3v) is 4.79. The van der Waals surface area contributed by atoms with Crippen molar-refractivity contribution in [3.8, 4) is 5.75 Å². The first-order valence-corrected chi connectivity index (χ1v) is 10.0. The quantitative estimate of drug-likeness (QED) is 0.385. The maximum Gasteiger partial charge on any atom is 0.573 e. The Morgan fingerprint density at radius 2 is 1.84 bits per heavy atom. The summed E-state index contributed by atoms with van der Waals surface area (Å²) in [4.78, 5) is 29.1. The number of halogens is 3. The zero-order valence-corrected chi connectivity index (χ0v) is 17.3. The first-order chi connectivity index (χ1) is 15.2. The number of amides is 1. The van der Waals surface area contributed by atoms with E-state index in [2.05, 4.69) is 20.2 Å². The highest BCUT2D eigenvalue weighted by molar-refractivity contribution is 7.98. The van der Waals surface area contributed by atoms with Crippen LogP contribution in [0.2, 0.25) is 0 Å². The molecule has 0 bridgehead atoms. The number of thioether (sulfide) groups is 1. The van der Waals surface area contributed by atoms with Crippen LogP contribution in [0.25, 0.3) is 0 Å². The summed E-state index contributed by atoms with van der Waals surface area (Å²) in [5, 5.41) is 6.11. The van der Waals surface area contributed by atoms with Gasteiger partial charge < -0.3 is 19.3 Å². The normalized spacial score (nSPS) is 11.1. The van der Waals surface area contributed by atoms with E-state index < -0.39 is 30.6 Å². The molecule has 0 spiro atoms. The minimum absolute atomic E-state index is 0.214. The standard InChI is InChI=1S/C20H16F3N3O5S/c1-12-24-18(31-26-12)11-32-16-5-3-2-4-15(16)19(28)29-10-17(27)25-13-6-8-14(9-7-13)30-20(21,22)23/h2-9H,10-11H2,1H3,(H,25,27). The summed E-state index contributed by atoms with van der Waals surface area (Å²) in [6, 6.07) is 11.2. The molecule has 12 heteroatoms. The van der Waals surface area contributed by atoms with Crippen LogP contribution < -0.4 is 10.1 Å². The van der Waals surface area contributed by atoms with Crippen LogP contribution in [0.5, 0.6) is 5.75 Å². The minimum Gasteiger partial charge on any atom is -0.452 e. The Hall–Kier alpha value is -3.54. The number of rotatable bonds is 8. The number of alkyl halides is 3. The van der Waals surface area contributed by atoms with E-state index in [1.807, 2.05) is 0 Å². The fourth-order valence-corrected chi connectivity index (χ4v) is 3.32. The van der Waals surface area contributed by atoms with E-state index in [0.717, 1.165) is 12.1 Å². The lowest BCUT2D eigenvalue weighted by atomic mass is 10.2. The lowest BCUT2D eigenvalue weighted by Crippen LogP contribution is -2.21. The van der Waals surface area contributed by atoms with Crippen LogP contribution in [0.1, 0.15) is 22.1 Å². The number of hydrogen-bond acceptors (Lipinski definition) is 8. The number of anilines is 1. The second-order valence-electron chi connectivity index (χ2n) is 6.22. The van der Waals surface area contributed by atoms with Crippen molar-refractivity contribution >= 4 is 29.3 Å². The van der Waals surface area contributed by atoms with Gasteiger partial charge in [-0.15, -0.1) is 24.9 Å². The van der Waals surface area contributed by atoms with E-state index in [9.17, 15) is 22.8 Å². The van der Waals surface area contributed by atoms with Crippen LogP contribution in [0, 0.1) is 6.92 Å². The Labute approximate surface area is 184 Å². The van der Waals surface area contributed by atoms with Crippen LogP contribution in [0.15, 0.2) is 57.9 Å². The van der Waals surface area contributed by atoms with Crippen molar-refractivity contribution < 1.29 is 36.8 Å². The van der Waals surface area contributed by atoms with E-state index in [-0.39, 0.29) is 11.3 Å². The van der Waals surface area contributed by atoms with Crippen LogP contribution in [-0.4, -0.2) is 35.0 Å². The SMILES string of the molecule is Cc1noc(CSc2ccccc2C(=O)OCC(=O)Nc2ccc(OC(F)(F)F)cc2)n1. The van der Waals surface area contributed by atoms with Crippen LogP contribution in [-0.2, 0) is 15.3 Å². The molecule has 1 aromatic heterocycles. The van der Waals surface area contributed by atoms with Gasteiger partial charge in [0.2, 0.25) is 5.89 Å². The van der Waals surface area contributed by atoms with E-state index in [1.54, 1.807) is 31.2 Å². The molecule has 0 radical (unpaired) electrons. The van der Waals surface area contributed by atoms with Gasteiger partial charge in [-0.3, -0.25) is 4.79 Å². The van der Waals surface area contributed by atoms with Crippen molar-refractivity contribution in [2.45, 2.75) is 23.9 Å². The van der Waals surface area contributed by atoms with Crippen molar-refractivity contribution in [1.82, 2.24) is 10.1 Å². The topological polar surface area (TPSA) is 104 Å². The fourth-order valence-electron chi connectivity index (χ4n) is 2.45. The lowest BCUT2D eigenvalue weighted by molar-refractivity contribution is -0.274. The molecule has 0 atom stereocenters. The average molecular weight is 467 g/mol. The number of esters is 1. The number of benzene rings is 2. The van der Waals surface area contributed by atoms with Gasteiger partial charge in [0.1, 0.15) is 5.75 Å². The Morgan fingerprint density at radius 1 is 1.12 bits per heavy atom. The number of carbonyl (C=O) groups is 2. The number of aryl methyl sites for hydroxylation is 1. The molecule has 168 valence electrons. The number of nitrogens with zero attached hydrogens (tertiary/aromatic N) is 2. The molecule has 1 N–H and O–H groups in total. The lowest BCUT2D eigenvalue weighted by Gasteiger charge is -2.11. The Balaban J connectivity index is 1.52. The largest absolute Gasteiger partial charge is 0.573 e. The molecule has 0 unspecified atom stereocenters. The smallest absolute Gasteiger partial charge is 0.452 e. The number of carbonyl (C=O) groups excluding carboxylic acids is 2. The van der Waals surface area contributed by atoms with Crippen LogP contribution in [0.4, 0.5) is 18.9 Å². The second kappa shape index (κ2) is 10.2. The van der Waals surface area contributed by atoms with Gasteiger partial charge in [-0.05, 0) is 43.3 Å². The van der Waals surface area contributed by atoms with Gasteiger partial charge in [0.15, 0.2) is 12.4 Å². The Morgan fingerprint density at radius 3 is 2.50 bits per heavy atom. The van der Waals surface area contributed by atoms with Crippen molar-refractivity contribution in [3.05, 3.63) is 65.8 Å². The van der Waals surface area contributed by atoms with Crippen molar-refractivity contribution in [1.29, 1.82) is 0 Å². The molecule has 3 rings (SSSR count). The number of hydrogen-bond donors (Lipinski definition) is 1. The zero-order chi connectivity index (χ0) is 23.1. The summed E-state index contributed by atoms with van der Waals surface area (Å²) in [5.41, 5.74) is 0.474. The number of ether oxygens (including phenoxy) is 2. The predicted octanol–water partition coefficient (Wildman–Crippen LogP) is 4.36. The summed E-state index contributed by atoms with van der Waals surface area (Å²) < 4.78 is 50.4. The first-order valence-electron chi connectivity index (χ1n) is 9.03. The molecular formula is C20H16F3N3O5S. The second-order valence-corrected chi connectivity index (χ2v) is 7.23. The van der Waals surface area contributed by atoms with Gasteiger partial charge in [-0.1, -0.05) is 17.3 Å². The van der Waals surface area contributed by atoms with E-state index in [1.165, 1.54) is 23.9 Å². The Kier molecular flexibility index (Phi) is 7.36. The fraction of sp³-hybridized carbons (Fsp3) is 0.200. The zero-order valence-electron chi connectivity index (χ0n) is 16.5. The molecule has 0 aliphatic carbocycles. The molecule has 1 amide bonds. The Bertz CT molecular complexity index is 1090. The molecule has 1 heterocycles. The van der Waals surface area contributed by atoms with Gasteiger partial charge in [-0.25, -0.2) is 4.79 Å². The van der Waals surface area contributed by atoms with Gasteiger partial charge in [0.25, 0.3) is 5.91 Å². The third-order valence-electron chi connectivity index (χ3n) is 3.73. The summed E-state index contributed by atoms with van der Waals surface area (Å²) in [7, 11) is 0. The highest BCUT2D eigenvalue weighted by Crippen LogP contribution is 2.27. The molecule has 0 aliphatic heterocycles. The highest BCUT2D eigenvalue weighted by atomic mass is 32.2. The molecule has 0 saturated carbocycles. The molecule has 32 heavy (non-hydrogen) atoms. The summed E-state index contributed by atoms with van der Waals surface area (Å²) in [5.74, 6) is -0.539. The molecule has 0 saturated heterocycles. The van der Waals surface area contributed by atoms with Gasteiger partial charge in [0.05, 0.1) is 11.3 Å². The molecule has 0 aliphatic rings. The van der Waals surface area contributed by atoms with Gasteiger partial charge >= 0.3 is 12.3 Å².